The van der Waals surface area contributed by atoms with E-state index in [1.807, 2.05) is 26.8 Å². The topological polar surface area (TPSA) is 127 Å². The van der Waals surface area contributed by atoms with E-state index in [2.05, 4.69) is 20.9 Å². The molecule has 0 saturated carbocycles. The van der Waals surface area contributed by atoms with Crippen LogP contribution in [0.2, 0.25) is 0 Å². The highest BCUT2D eigenvalue weighted by atomic mass is 32.1. The van der Waals surface area contributed by atoms with Gasteiger partial charge in [0, 0.05) is 11.3 Å². The Morgan fingerprint density at radius 2 is 2.06 bits per heavy atom. The Morgan fingerprint density at radius 3 is 2.55 bits per heavy atom. The molecule has 4 atom stereocenters. The fourth-order valence-corrected chi connectivity index (χ4v) is 3.94. The van der Waals surface area contributed by atoms with Gasteiger partial charge in [0.1, 0.15) is 24.0 Å². The van der Waals surface area contributed by atoms with Crippen molar-refractivity contribution < 1.29 is 27.9 Å². The lowest BCUT2D eigenvalue weighted by Gasteiger charge is -2.27. The Kier molecular flexibility index (Phi) is 8.02. The van der Waals surface area contributed by atoms with E-state index in [0.717, 1.165) is 5.38 Å². The van der Waals surface area contributed by atoms with E-state index in [1.165, 1.54) is 0 Å². The molecule has 1 aromatic heterocycles. The van der Waals surface area contributed by atoms with Crippen LogP contribution in [-0.2, 0) is 11.0 Å². The lowest BCUT2D eigenvalue weighted by atomic mass is 9.87. The summed E-state index contributed by atoms with van der Waals surface area (Å²) in [4.78, 5) is 28.6. The predicted molar refractivity (Wildman–Crippen MR) is 107 cm³/mol. The number of aromatic nitrogens is 1. The first-order chi connectivity index (χ1) is 14.3. The molecule has 8 nitrogen and oxygen atoms in total. The first-order valence-corrected chi connectivity index (χ1v) is 10.6. The van der Waals surface area contributed by atoms with Crippen LogP contribution < -0.4 is 16.0 Å². The van der Waals surface area contributed by atoms with Gasteiger partial charge in [-0.3, -0.25) is 14.9 Å². The van der Waals surface area contributed by atoms with Gasteiger partial charge >= 0.3 is 6.18 Å². The number of hydrogen-bond donors (Lipinski definition) is 4. The van der Waals surface area contributed by atoms with Gasteiger partial charge in [-0.2, -0.15) is 18.4 Å². The second-order valence-electron chi connectivity index (χ2n) is 8.70. The summed E-state index contributed by atoms with van der Waals surface area (Å²) in [5.74, 6) is -1.72. The smallest absolute Gasteiger partial charge is 0.378 e. The first-order valence-electron chi connectivity index (χ1n) is 9.75. The molecule has 1 unspecified atom stereocenters. The molecule has 0 radical (unpaired) electrons. The normalized spacial score (nSPS) is 21.2. The van der Waals surface area contributed by atoms with E-state index in [-0.39, 0.29) is 18.8 Å². The van der Waals surface area contributed by atoms with Crippen LogP contribution in [0.15, 0.2) is 5.38 Å². The van der Waals surface area contributed by atoms with Gasteiger partial charge in [0.15, 0.2) is 5.01 Å². The molecule has 2 heterocycles. The Bertz CT molecular complexity index is 831. The number of nitrogens with zero attached hydrogens (tertiary/aromatic N) is 2. The summed E-state index contributed by atoms with van der Waals surface area (Å²) in [7, 11) is 0. The fourth-order valence-electron chi connectivity index (χ4n) is 3.27. The van der Waals surface area contributed by atoms with Crippen molar-refractivity contribution in [3.05, 3.63) is 16.1 Å². The van der Waals surface area contributed by atoms with E-state index in [0.29, 0.717) is 24.3 Å². The second kappa shape index (κ2) is 9.93. The highest BCUT2D eigenvalue weighted by Crippen LogP contribution is 2.31. The van der Waals surface area contributed by atoms with Gasteiger partial charge in [0.05, 0.1) is 6.07 Å². The first kappa shape index (κ1) is 25.0. The summed E-state index contributed by atoms with van der Waals surface area (Å²) in [5, 5.41) is 27.0. The Balaban J connectivity index is 2.09. The molecule has 172 valence electrons. The number of rotatable bonds is 7. The van der Waals surface area contributed by atoms with Gasteiger partial charge in [0.2, 0.25) is 5.91 Å². The maximum atomic E-state index is 12.8. The molecule has 12 heteroatoms. The monoisotopic (exact) mass is 461 g/mol. The van der Waals surface area contributed by atoms with Crippen LogP contribution in [0.5, 0.6) is 0 Å². The molecule has 0 aromatic carbocycles. The lowest BCUT2D eigenvalue weighted by Crippen LogP contribution is -2.51. The third-order valence-electron chi connectivity index (χ3n) is 4.74. The fraction of sp³-hybridized carbons (Fsp3) is 0.684. The maximum absolute atomic E-state index is 12.8. The number of alkyl halides is 3. The Morgan fingerprint density at radius 1 is 1.39 bits per heavy atom. The quantitative estimate of drug-likeness (QED) is 0.492. The molecule has 1 aliphatic heterocycles. The average Bonchev–Trinajstić information content (AvgIpc) is 3.28. The number of amides is 2. The summed E-state index contributed by atoms with van der Waals surface area (Å²) in [5.41, 5.74) is -0.830. The minimum atomic E-state index is -4.66. The molecular weight excluding hydrogens is 435 g/mol. The molecule has 4 N–H and O–H groups in total. The maximum Gasteiger partial charge on any atom is 0.443 e. The van der Waals surface area contributed by atoms with Crippen LogP contribution >= 0.6 is 11.3 Å². The van der Waals surface area contributed by atoms with E-state index < -0.39 is 52.4 Å². The zero-order chi connectivity index (χ0) is 23.4. The van der Waals surface area contributed by atoms with Crippen LogP contribution in [0.4, 0.5) is 13.2 Å². The van der Waals surface area contributed by atoms with Gasteiger partial charge in [-0.15, -0.1) is 11.3 Å². The number of thiazole rings is 1. The van der Waals surface area contributed by atoms with Crippen molar-refractivity contribution in [1.82, 2.24) is 20.9 Å². The molecule has 0 spiro atoms. The Hall–Kier alpha value is -2.23. The van der Waals surface area contributed by atoms with Gasteiger partial charge in [-0.1, -0.05) is 20.8 Å². The van der Waals surface area contributed by atoms with Gasteiger partial charge < -0.3 is 15.7 Å². The molecule has 0 bridgehead atoms. The van der Waals surface area contributed by atoms with Crippen molar-refractivity contribution >= 4 is 23.2 Å². The molecule has 1 aliphatic rings. The highest BCUT2D eigenvalue weighted by molar-refractivity contribution is 7.09. The minimum Gasteiger partial charge on any atom is -0.378 e. The molecular formula is C19H26F3N5O3S. The molecule has 1 aromatic rings. The number of aliphatic hydroxyl groups excluding tert-OH is 1. The molecule has 1 fully saturated rings. The van der Waals surface area contributed by atoms with Crippen molar-refractivity contribution in [1.29, 1.82) is 5.26 Å². The number of halogens is 3. The molecule has 0 aliphatic carbocycles. The summed E-state index contributed by atoms with van der Waals surface area (Å²) in [6, 6.07) is 0.0195. The van der Waals surface area contributed by atoms with E-state index >= 15 is 0 Å². The van der Waals surface area contributed by atoms with Crippen molar-refractivity contribution in [3.8, 4) is 6.07 Å². The van der Waals surface area contributed by atoms with Crippen molar-refractivity contribution in [2.75, 3.05) is 6.54 Å². The van der Waals surface area contributed by atoms with Gasteiger partial charge in [0.25, 0.3) is 5.91 Å². The molecule has 2 amide bonds. The van der Waals surface area contributed by atoms with Crippen LogP contribution in [0.3, 0.4) is 0 Å². The van der Waals surface area contributed by atoms with Gasteiger partial charge in [-0.25, -0.2) is 4.98 Å². The zero-order valence-corrected chi connectivity index (χ0v) is 18.2. The number of carbonyl (C=O) groups is 2. The Labute approximate surface area is 182 Å². The number of nitriles is 1. The second-order valence-corrected chi connectivity index (χ2v) is 9.56. The predicted octanol–water partition coefficient (Wildman–Crippen LogP) is 2.02. The number of hydrogen-bond acceptors (Lipinski definition) is 7. The molecule has 1 saturated heterocycles. The highest BCUT2D eigenvalue weighted by Gasteiger charge is 2.36. The number of aliphatic hydroxyl groups is 1. The number of nitrogens with one attached hydrogen (secondary N) is 3. The zero-order valence-electron chi connectivity index (χ0n) is 17.4. The van der Waals surface area contributed by atoms with Crippen LogP contribution in [0.1, 0.15) is 55.5 Å². The van der Waals surface area contributed by atoms with Gasteiger partial charge in [-0.05, 0) is 31.2 Å². The summed E-state index contributed by atoms with van der Waals surface area (Å²) in [6.45, 7) is 6.12. The van der Waals surface area contributed by atoms with Crippen molar-refractivity contribution in [2.45, 2.75) is 64.5 Å². The van der Waals surface area contributed by atoms with Crippen LogP contribution in [0, 0.1) is 22.7 Å². The largest absolute Gasteiger partial charge is 0.443 e. The van der Waals surface area contributed by atoms with Crippen molar-refractivity contribution in [3.63, 3.8) is 0 Å². The van der Waals surface area contributed by atoms with Crippen LogP contribution in [-0.4, -0.2) is 46.8 Å². The third kappa shape index (κ3) is 7.45. The SMILES string of the molecule is CC(C)(C)C[C@H](NC(=O)c1csc(C(F)(F)F)n1)C(=O)N[C@H](C#N)C[C@@H]1CCNC1O. The third-order valence-corrected chi connectivity index (χ3v) is 5.63. The number of carbonyl (C=O) groups excluding carboxylic acids is 2. The minimum absolute atomic E-state index is 0.187. The standard InChI is InChI=1S/C19H26F3N5O3S/c1-18(2,3)7-12(26-16(30)13-9-31-17(27-13)19(20,21)22)15(29)25-11(8-23)6-10-4-5-24-14(10)28/h9-12,14,24,28H,4-7H2,1-3H3,(H,25,29)(H,26,30)/t10-,11-,12-,14?/m0/s1. The van der Waals surface area contributed by atoms with Crippen molar-refractivity contribution in [2.24, 2.45) is 11.3 Å². The average molecular weight is 462 g/mol. The van der Waals surface area contributed by atoms with E-state index in [4.69, 9.17) is 0 Å². The van der Waals surface area contributed by atoms with Crippen LogP contribution in [0.25, 0.3) is 0 Å². The summed E-state index contributed by atoms with van der Waals surface area (Å²) >= 11 is 0.295. The summed E-state index contributed by atoms with van der Waals surface area (Å²) < 4.78 is 38.3. The molecule has 2 rings (SSSR count). The van der Waals surface area contributed by atoms with E-state index in [1.54, 1.807) is 0 Å². The molecule has 31 heavy (non-hydrogen) atoms. The summed E-state index contributed by atoms with van der Waals surface area (Å²) in [6.07, 6.45) is -4.35. The lowest BCUT2D eigenvalue weighted by molar-refractivity contribution is -0.137. The van der Waals surface area contributed by atoms with E-state index in [9.17, 15) is 33.1 Å².